The molecule has 1 aromatic carbocycles. The normalized spacial score (nSPS) is 18.5. The Morgan fingerprint density at radius 2 is 1.70 bits per heavy atom. The van der Waals surface area contributed by atoms with Crippen LogP contribution in [-0.2, 0) is 34.6 Å². The number of terminal acetylenes is 1. The lowest BCUT2D eigenvalue weighted by atomic mass is 9.84. The number of amides is 6. The number of benzene rings is 1. The van der Waals surface area contributed by atoms with Crippen molar-refractivity contribution in [1.82, 2.24) is 41.2 Å². The van der Waals surface area contributed by atoms with E-state index in [0.29, 0.717) is 18.5 Å². The molecular weight excluding hydrogens is 759 g/mol. The molecule has 0 spiro atoms. The number of nitrogens with two attached hydrogens (primary N) is 1. The Hall–Kier alpha value is -5.35. The molecular formula is C38H53N9O9S. The summed E-state index contributed by atoms with van der Waals surface area (Å²) < 4.78 is 25.5. The number of ketones is 1. The molecule has 1 aromatic heterocycles. The van der Waals surface area contributed by atoms with E-state index in [4.69, 9.17) is 12.2 Å². The predicted octanol–water partition coefficient (Wildman–Crippen LogP) is 0.462. The Morgan fingerprint density at radius 3 is 2.32 bits per heavy atom. The van der Waals surface area contributed by atoms with E-state index < -0.39 is 75.0 Å². The molecule has 6 amide bonds. The van der Waals surface area contributed by atoms with Crippen molar-refractivity contribution >= 4 is 45.3 Å². The largest absolute Gasteiger partial charge is 0.384 e. The third kappa shape index (κ3) is 12.3. The molecule has 0 bridgehead atoms. The number of hydrogen-bond donors (Lipinski definition) is 6. The van der Waals surface area contributed by atoms with Crippen LogP contribution < -0.4 is 27.0 Å². The zero-order valence-electron chi connectivity index (χ0n) is 32.5. The number of aliphatic hydroxyl groups is 1. The first kappa shape index (κ1) is 44.4. The maximum atomic E-state index is 14.7. The molecule has 1 aliphatic heterocycles. The molecule has 4 rings (SSSR count). The lowest BCUT2D eigenvalue weighted by Gasteiger charge is -2.32. The minimum atomic E-state index is -3.52. The average molecular weight is 812 g/mol. The fourth-order valence-corrected chi connectivity index (χ4v) is 7.92. The summed E-state index contributed by atoms with van der Waals surface area (Å²) in [6, 6.07) is 0.543. The van der Waals surface area contributed by atoms with E-state index in [9.17, 15) is 42.3 Å². The number of hydrogen-bond acceptors (Lipinski definition) is 11. The fourth-order valence-electron chi connectivity index (χ4n) is 7.29. The van der Waals surface area contributed by atoms with Gasteiger partial charge in [-0.1, -0.05) is 43.2 Å². The first-order chi connectivity index (χ1) is 26.9. The number of carbonyl (C=O) groups excluding carboxylic acids is 6. The monoisotopic (exact) mass is 811 g/mol. The number of urea groups is 1. The summed E-state index contributed by atoms with van der Waals surface area (Å²) >= 11 is 0. The summed E-state index contributed by atoms with van der Waals surface area (Å²) in [7, 11) is -3.52. The van der Waals surface area contributed by atoms with Crippen LogP contribution in [0.3, 0.4) is 0 Å². The second kappa shape index (κ2) is 19.7. The second-order valence-corrected chi connectivity index (χ2v) is 17.2. The Balaban J connectivity index is 1.62. The van der Waals surface area contributed by atoms with Crippen molar-refractivity contribution in [3.05, 3.63) is 41.7 Å². The molecule has 1 aliphatic carbocycles. The van der Waals surface area contributed by atoms with Crippen LogP contribution in [0, 0.1) is 18.3 Å². The van der Waals surface area contributed by atoms with Crippen LogP contribution in [0.1, 0.15) is 100 Å². The SMILES string of the molecule is C#CCNC(=O)NCCCCC(NC(=O)C1CC(n2nncc2C(C)(C)O)CN1C(=O)[C@@H](CC1CCCCC1)NC(=O)c1ccc(S(C)(=O)=O)cc1)C(=O)C(N)=O. The van der Waals surface area contributed by atoms with Gasteiger partial charge in [-0.05, 0) is 69.7 Å². The third-order valence-corrected chi connectivity index (χ3v) is 11.4. The second-order valence-electron chi connectivity index (χ2n) is 15.2. The highest BCUT2D eigenvalue weighted by molar-refractivity contribution is 7.90. The molecule has 2 fully saturated rings. The highest BCUT2D eigenvalue weighted by Crippen LogP contribution is 2.33. The van der Waals surface area contributed by atoms with Crippen LogP contribution in [0.5, 0.6) is 0 Å². The van der Waals surface area contributed by atoms with Gasteiger partial charge in [-0.3, -0.25) is 24.0 Å². The van der Waals surface area contributed by atoms with E-state index in [1.165, 1.54) is 40.0 Å². The zero-order chi connectivity index (χ0) is 41.9. The molecule has 310 valence electrons. The van der Waals surface area contributed by atoms with Gasteiger partial charge in [-0.2, -0.15) is 0 Å². The number of Topliss-reactive ketones (excluding diaryl/α,β-unsaturated/α-hetero) is 1. The number of primary amides is 1. The van der Waals surface area contributed by atoms with Gasteiger partial charge in [0.2, 0.25) is 17.6 Å². The molecule has 3 unspecified atom stereocenters. The lowest BCUT2D eigenvalue weighted by Crippen LogP contribution is -2.56. The van der Waals surface area contributed by atoms with Gasteiger partial charge in [-0.15, -0.1) is 11.5 Å². The number of unbranched alkanes of at least 4 members (excludes halogenated alkanes) is 1. The summed E-state index contributed by atoms with van der Waals surface area (Å²) in [4.78, 5) is 80.8. The molecule has 2 aliphatic rings. The standard InChI is InChI=1S/C38H53N9O9S/c1-5-18-40-37(53)41-19-10-9-13-28(32(48)33(39)49)43-35(51)30-21-26(47-31(22-42-45-47)38(2,3)54)23-46(30)36(52)29(20-24-11-7-6-8-12-24)44-34(50)25-14-16-27(17-15-25)57(4,55)56/h1,14-17,22,24,26,28-30,54H,6-13,18-21,23H2,2-4H3,(H2,39,49)(H,43,51)(H,44,50)(H2,40,41,53)/t26?,28?,29-,30?/m1/s1. The van der Waals surface area contributed by atoms with Gasteiger partial charge in [0.15, 0.2) is 9.84 Å². The maximum Gasteiger partial charge on any atom is 0.315 e. The fraction of sp³-hybridized carbons (Fsp3) is 0.579. The van der Waals surface area contributed by atoms with Gasteiger partial charge < -0.3 is 37.0 Å². The van der Waals surface area contributed by atoms with Crippen molar-refractivity contribution < 1.29 is 42.3 Å². The summed E-state index contributed by atoms with van der Waals surface area (Å²) in [5.74, 6) is -1.86. The Bertz CT molecular complexity index is 1930. The van der Waals surface area contributed by atoms with E-state index in [-0.39, 0.29) is 55.3 Å². The van der Waals surface area contributed by atoms with Crippen LogP contribution in [0.2, 0.25) is 0 Å². The van der Waals surface area contributed by atoms with E-state index in [1.807, 2.05) is 0 Å². The third-order valence-electron chi connectivity index (χ3n) is 10.3. The van der Waals surface area contributed by atoms with Crippen molar-refractivity contribution in [2.75, 3.05) is 25.9 Å². The average Bonchev–Trinajstić information content (AvgIpc) is 3.84. The van der Waals surface area contributed by atoms with Crippen molar-refractivity contribution in [3.63, 3.8) is 0 Å². The molecule has 0 radical (unpaired) electrons. The van der Waals surface area contributed by atoms with Crippen LogP contribution in [0.25, 0.3) is 0 Å². The van der Waals surface area contributed by atoms with Crippen LogP contribution in [0.15, 0.2) is 35.4 Å². The highest BCUT2D eigenvalue weighted by atomic mass is 32.2. The molecule has 7 N–H and O–H groups in total. The van der Waals surface area contributed by atoms with Crippen molar-refractivity contribution in [2.24, 2.45) is 11.7 Å². The minimum Gasteiger partial charge on any atom is -0.384 e. The summed E-state index contributed by atoms with van der Waals surface area (Å²) in [5, 5.41) is 29.6. The first-order valence-electron chi connectivity index (χ1n) is 19.0. The molecule has 18 nitrogen and oxygen atoms in total. The minimum absolute atomic E-state index is 0.00429. The van der Waals surface area contributed by atoms with E-state index in [1.54, 1.807) is 13.8 Å². The number of sulfone groups is 1. The topological polar surface area (TPSA) is 265 Å². The number of carbonyl (C=O) groups is 6. The summed E-state index contributed by atoms with van der Waals surface area (Å²) in [5.41, 5.74) is 4.42. The van der Waals surface area contributed by atoms with Crippen molar-refractivity contribution in [3.8, 4) is 12.3 Å². The van der Waals surface area contributed by atoms with Gasteiger partial charge in [0, 0.05) is 31.3 Å². The number of nitrogens with one attached hydrogen (secondary N) is 4. The number of nitrogens with zero attached hydrogens (tertiary/aromatic N) is 4. The maximum absolute atomic E-state index is 14.7. The molecule has 2 aromatic rings. The van der Waals surface area contributed by atoms with Crippen LogP contribution in [-0.4, -0.2) is 113 Å². The molecule has 57 heavy (non-hydrogen) atoms. The Kier molecular flexibility index (Phi) is 15.3. The smallest absolute Gasteiger partial charge is 0.315 e. The lowest BCUT2D eigenvalue weighted by molar-refractivity contribution is -0.142. The van der Waals surface area contributed by atoms with Gasteiger partial charge in [-0.25, -0.2) is 17.9 Å². The summed E-state index contributed by atoms with van der Waals surface area (Å²) in [6.07, 6.45) is 13.2. The predicted molar refractivity (Wildman–Crippen MR) is 207 cm³/mol. The zero-order valence-corrected chi connectivity index (χ0v) is 33.3. The van der Waals surface area contributed by atoms with Gasteiger partial charge in [0.1, 0.15) is 17.7 Å². The van der Waals surface area contributed by atoms with E-state index in [0.717, 1.165) is 38.4 Å². The molecule has 1 saturated carbocycles. The quantitative estimate of drug-likeness (QED) is 0.0684. The Morgan fingerprint density at radius 1 is 1.02 bits per heavy atom. The molecule has 4 atom stereocenters. The molecule has 1 saturated heterocycles. The molecule has 2 heterocycles. The van der Waals surface area contributed by atoms with Crippen molar-refractivity contribution in [1.29, 1.82) is 0 Å². The number of rotatable bonds is 18. The van der Waals surface area contributed by atoms with Gasteiger partial charge >= 0.3 is 6.03 Å². The van der Waals surface area contributed by atoms with Crippen LogP contribution in [0.4, 0.5) is 4.79 Å². The van der Waals surface area contributed by atoms with E-state index in [2.05, 4.69) is 37.5 Å². The van der Waals surface area contributed by atoms with Crippen LogP contribution >= 0.6 is 0 Å². The van der Waals surface area contributed by atoms with E-state index >= 15 is 0 Å². The highest BCUT2D eigenvalue weighted by Gasteiger charge is 2.45. The Labute approximate surface area is 332 Å². The number of aromatic nitrogens is 3. The first-order valence-corrected chi connectivity index (χ1v) is 20.9. The van der Waals surface area contributed by atoms with Gasteiger partial charge in [0.25, 0.3) is 11.8 Å². The molecule has 19 heteroatoms. The number of likely N-dealkylation sites (tertiary alicyclic amines) is 1. The van der Waals surface area contributed by atoms with Crippen molar-refractivity contribution in [2.45, 2.75) is 113 Å². The summed E-state index contributed by atoms with van der Waals surface area (Å²) in [6.45, 7) is 3.26. The van der Waals surface area contributed by atoms with Gasteiger partial charge in [0.05, 0.1) is 35.4 Å².